The van der Waals surface area contributed by atoms with Gasteiger partial charge in [0.25, 0.3) is 0 Å². The van der Waals surface area contributed by atoms with Crippen LogP contribution in [0, 0.1) is 12.8 Å². The molecule has 1 aliphatic heterocycles. The van der Waals surface area contributed by atoms with Crippen LogP contribution in [0.15, 0.2) is 28.5 Å². The predicted molar refractivity (Wildman–Crippen MR) is 65.5 cm³/mol. The van der Waals surface area contributed by atoms with Crippen LogP contribution in [-0.2, 0) is 0 Å². The molecule has 1 unspecified atom stereocenters. The molecule has 0 aliphatic carbocycles. The van der Waals surface area contributed by atoms with E-state index in [-0.39, 0.29) is 0 Å². The van der Waals surface area contributed by atoms with Crippen LogP contribution in [0.3, 0.4) is 0 Å². The standard InChI is InChI=1S/C12H16N4/c1-3-9-6-11(13)15-16-12(9)10-5-4-8(2)14-7-10/h4-5,7,9H,3,6H2,1-2H3,(H2,13,15). The molecule has 16 heavy (non-hydrogen) atoms. The number of amidine groups is 1. The minimum absolute atomic E-state index is 0.363. The highest BCUT2D eigenvalue weighted by Crippen LogP contribution is 2.20. The minimum atomic E-state index is 0.363. The SMILES string of the molecule is CCC1CC(N)=NN=C1c1ccc(C)nc1. The van der Waals surface area contributed by atoms with Crippen molar-refractivity contribution < 1.29 is 0 Å². The summed E-state index contributed by atoms with van der Waals surface area (Å²) in [6.07, 6.45) is 3.67. The Morgan fingerprint density at radius 1 is 1.38 bits per heavy atom. The summed E-state index contributed by atoms with van der Waals surface area (Å²) in [7, 11) is 0. The molecule has 1 atom stereocenters. The van der Waals surface area contributed by atoms with Crippen LogP contribution in [0.2, 0.25) is 0 Å². The lowest BCUT2D eigenvalue weighted by atomic mass is 9.91. The summed E-state index contributed by atoms with van der Waals surface area (Å²) in [6.45, 7) is 4.11. The Kier molecular flexibility index (Phi) is 2.99. The van der Waals surface area contributed by atoms with Gasteiger partial charge < -0.3 is 5.73 Å². The number of aryl methyl sites for hydroxylation is 1. The first-order chi connectivity index (χ1) is 7.70. The predicted octanol–water partition coefficient (Wildman–Crippen LogP) is 1.88. The highest BCUT2D eigenvalue weighted by atomic mass is 15.2. The van der Waals surface area contributed by atoms with Gasteiger partial charge in [0.2, 0.25) is 0 Å². The van der Waals surface area contributed by atoms with E-state index in [1.807, 2.05) is 25.3 Å². The monoisotopic (exact) mass is 216 g/mol. The van der Waals surface area contributed by atoms with E-state index in [0.29, 0.717) is 11.8 Å². The lowest BCUT2D eigenvalue weighted by molar-refractivity contribution is 0.676. The molecule has 84 valence electrons. The van der Waals surface area contributed by atoms with Gasteiger partial charge in [0, 0.05) is 29.8 Å². The molecule has 1 aromatic rings. The zero-order valence-electron chi connectivity index (χ0n) is 9.64. The van der Waals surface area contributed by atoms with E-state index >= 15 is 0 Å². The number of aromatic nitrogens is 1. The van der Waals surface area contributed by atoms with Gasteiger partial charge in [-0.2, -0.15) is 5.10 Å². The third-order valence-corrected chi connectivity index (χ3v) is 2.83. The molecule has 0 radical (unpaired) electrons. The molecule has 0 saturated carbocycles. The van der Waals surface area contributed by atoms with Crippen LogP contribution >= 0.6 is 0 Å². The van der Waals surface area contributed by atoms with Crippen molar-refractivity contribution in [3.8, 4) is 0 Å². The molecule has 0 amide bonds. The molecule has 0 fully saturated rings. The third-order valence-electron chi connectivity index (χ3n) is 2.83. The second-order valence-corrected chi connectivity index (χ2v) is 4.07. The molecule has 1 aliphatic rings. The maximum Gasteiger partial charge on any atom is 0.123 e. The lowest BCUT2D eigenvalue weighted by Gasteiger charge is -2.19. The second kappa shape index (κ2) is 4.43. The van der Waals surface area contributed by atoms with Crippen molar-refractivity contribution in [1.29, 1.82) is 0 Å². The lowest BCUT2D eigenvalue weighted by Crippen LogP contribution is -2.26. The van der Waals surface area contributed by atoms with Crippen molar-refractivity contribution in [3.05, 3.63) is 29.6 Å². The Balaban J connectivity index is 2.34. The van der Waals surface area contributed by atoms with Crippen molar-refractivity contribution in [3.63, 3.8) is 0 Å². The smallest absolute Gasteiger partial charge is 0.123 e. The van der Waals surface area contributed by atoms with E-state index in [9.17, 15) is 0 Å². The summed E-state index contributed by atoms with van der Waals surface area (Å²) in [5.74, 6) is 0.984. The van der Waals surface area contributed by atoms with Crippen LogP contribution < -0.4 is 5.73 Å². The first kappa shape index (κ1) is 10.8. The van der Waals surface area contributed by atoms with Crippen LogP contribution in [0.25, 0.3) is 0 Å². The van der Waals surface area contributed by atoms with E-state index < -0.39 is 0 Å². The molecular formula is C12H16N4. The van der Waals surface area contributed by atoms with Crippen molar-refractivity contribution in [2.24, 2.45) is 21.9 Å². The highest BCUT2D eigenvalue weighted by molar-refractivity contribution is 6.05. The zero-order chi connectivity index (χ0) is 11.5. The van der Waals surface area contributed by atoms with Crippen LogP contribution in [-0.4, -0.2) is 16.5 Å². The van der Waals surface area contributed by atoms with Gasteiger partial charge in [-0.05, 0) is 25.5 Å². The molecule has 2 N–H and O–H groups in total. The Morgan fingerprint density at radius 2 is 2.19 bits per heavy atom. The normalized spacial score (nSPS) is 20.2. The topological polar surface area (TPSA) is 63.6 Å². The summed E-state index contributed by atoms with van der Waals surface area (Å²) in [4.78, 5) is 4.28. The van der Waals surface area contributed by atoms with Crippen LogP contribution in [0.4, 0.5) is 0 Å². The van der Waals surface area contributed by atoms with Gasteiger partial charge in [-0.25, -0.2) is 0 Å². The largest absolute Gasteiger partial charge is 0.386 e. The highest BCUT2D eigenvalue weighted by Gasteiger charge is 2.21. The van der Waals surface area contributed by atoms with Crippen molar-refractivity contribution >= 4 is 11.5 Å². The molecule has 0 saturated heterocycles. The summed E-state index contributed by atoms with van der Waals surface area (Å²) in [6, 6.07) is 4.03. The third kappa shape index (κ3) is 2.10. The minimum Gasteiger partial charge on any atom is -0.386 e. The fraction of sp³-hybridized carbons (Fsp3) is 0.417. The average molecular weight is 216 g/mol. The van der Waals surface area contributed by atoms with Gasteiger partial charge >= 0.3 is 0 Å². The fourth-order valence-corrected chi connectivity index (χ4v) is 1.84. The molecule has 4 heteroatoms. The fourth-order valence-electron chi connectivity index (χ4n) is 1.84. The number of pyridine rings is 1. The first-order valence-corrected chi connectivity index (χ1v) is 5.53. The molecule has 2 heterocycles. The number of nitrogens with zero attached hydrogens (tertiary/aromatic N) is 3. The second-order valence-electron chi connectivity index (χ2n) is 4.07. The van der Waals surface area contributed by atoms with Crippen molar-refractivity contribution in [2.75, 3.05) is 0 Å². The molecule has 4 nitrogen and oxygen atoms in total. The number of rotatable bonds is 2. The number of hydrogen-bond acceptors (Lipinski definition) is 4. The Hall–Kier alpha value is -1.71. The van der Waals surface area contributed by atoms with Crippen LogP contribution in [0.1, 0.15) is 31.0 Å². The van der Waals surface area contributed by atoms with E-state index in [4.69, 9.17) is 5.73 Å². The van der Waals surface area contributed by atoms with Crippen molar-refractivity contribution in [2.45, 2.75) is 26.7 Å². The summed E-state index contributed by atoms with van der Waals surface area (Å²) in [5, 5.41) is 8.17. The van der Waals surface area contributed by atoms with E-state index in [0.717, 1.165) is 29.8 Å². The Morgan fingerprint density at radius 3 is 2.81 bits per heavy atom. The Labute approximate surface area is 95.3 Å². The summed E-state index contributed by atoms with van der Waals surface area (Å²) < 4.78 is 0. The molecule has 0 bridgehead atoms. The number of hydrogen-bond donors (Lipinski definition) is 1. The van der Waals surface area contributed by atoms with Crippen molar-refractivity contribution in [1.82, 2.24) is 4.98 Å². The van der Waals surface area contributed by atoms with Gasteiger partial charge in [0.1, 0.15) is 5.84 Å². The quantitative estimate of drug-likeness (QED) is 0.820. The molecule has 0 aromatic carbocycles. The molecule has 1 aromatic heterocycles. The van der Waals surface area contributed by atoms with Gasteiger partial charge in [0.15, 0.2) is 0 Å². The van der Waals surface area contributed by atoms with E-state index in [1.54, 1.807) is 0 Å². The average Bonchev–Trinajstić information content (AvgIpc) is 2.30. The van der Waals surface area contributed by atoms with E-state index in [2.05, 4.69) is 22.1 Å². The maximum atomic E-state index is 5.69. The molecular weight excluding hydrogens is 200 g/mol. The molecule has 0 spiro atoms. The van der Waals surface area contributed by atoms with Gasteiger partial charge in [-0.1, -0.05) is 6.92 Å². The Bertz CT molecular complexity index is 431. The summed E-state index contributed by atoms with van der Waals surface area (Å²) in [5.41, 5.74) is 8.76. The van der Waals surface area contributed by atoms with E-state index in [1.165, 1.54) is 0 Å². The van der Waals surface area contributed by atoms with Crippen LogP contribution in [0.5, 0.6) is 0 Å². The number of nitrogens with two attached hydrogens (primary N) is 1. The zero-order valence-corrected chi connectivity index (χ0v) is 9.64. The van der Waals surface area contributed by atoms with Gasteiger partial charge in [0.05, 0.1) is 5.71 Å². The van der Waals surface area contributed by atoms with Gasteiger partial charge in [-0.15, -0.1) is 5.10 Å². The maximum absolute atomic E-state index is 5.69. The first-order valence-electron chi connectivity index (χ1n) is 5.53. The molecule has 2 rings (SSSR count). The summed E-state index contributed by atoms with van der Waals surface area (Å²) >= 11 is 0. The van der Waals surface area contributed by atoms with Gasteiger partial charge in [-0.3, -0.25) is 4.98 Å².